The van der Waals surface area contributed by atoms with Gasteiger partial charge in [-0.05, 0) is 23.8 Å². The number of carbonyl (C=O) groups is 1. The van der Waals surface area contributed by atoms with Crippen LogP contribution in [0.4, 0.5) is 0 Å². The zero-order valence-electron chi connectivity index (χ0n) is 13.6. The average molecular weight is 286 g/mol. The van der Waals surface area contributed by atoms with Crippen LogP contribution in [0, 0.1) is 16.7 Å². The molecule has 0 saturated carbocycles. The van der Waals surface area contributed by atoms with Gasteiger partial charge in [0.15, 0.2) is 0 Å². The summed E-state index contributed by atoms with van der Waals surface area (Å²) < 4.78 is 0. The normalized spacial score (nSPS) is 11.8. The van der Waals surface area contributed by atoms with E-state index in [1.807, 2.05) is 32.0 Å². The highest BCUT2D eigenvalue weighted by atomic mass is 16.2. The summed E-state index contributed by atoms with van der Waals surface area (Å²) in [5, 5.41) is 11.4. The van der Waals surface area contributed by atoms with Gasteiger partial charge in [-0.1, -0.05) is 58.0 Å². The Hall–Kier alpha value is -1.82. The van der Waals surface area contributed by atoms with Gasteiger partial charge in [0.05, 0.1) is 6.07 Å². The van der Waals surface area contributed by atoms with Crippen LogP contribution in [0.1, 0.15) is 52.5 Å². The summed E-state index contributed by atoms with van der Waals surface area (Å²) in [6.45, 7) is 8.89. The Morgan fingerprint density at radius 2 is 1.81 bits per heavy atom. The summed E-state index contributed by atoms with van der Waals surface area (Å²) in [5.41, 5.74) is 0.746. The summed E-state index contributed by atoms with van der Waals surface area (Å²) in [4.78, 5) is 12.3. The van der Waals surface area contributed by atoms with Crippen molar-refractivity contribution in [2.45, 2.75) is 52.4 Å². The minimum absolute atomic E-state index is 0.0597. The van der Waals surface area contributed by atoms with Gasteiger partial charge < -0.3 is 5.32 Å². The van der Waals surface area contributed by atoms with E-state index in [9.17, 15) is 4.79 Å². The van der Waals surface area contributed by atoms with E-state index < -0.39 is 5.41 Å². The predicted octanol–water partition coefficient (Wildman–Crippen LogP) is 3.80. The summed E-state index contributed by atoms with van der Waals surface area (Å²) in [6, 6.07) is 12.4. The van der Waals surface area contributed by atoms with Crippen LogP contribution >= 0.6 is 0 Å². The maximum atomic E-state index is 12.3. The molecule has 1 amide bonds. The largest absolute Gasteiger partial charge is 0.356 e. The molecule has 0 heterocycles. The molecular weight excluding hydrogens is 260 g/mol. The molecule has 21 heavy (non-hydrogen) atoms. The summed E-state index contributed by atoms with van der Waals surface area (Å²) in [5.74, 6) is 0.0597. The second-order valence-electron chi connectivity index (χ2n) is 6.83. The molecule has 0 aromatic heterocycles. The number of nitriles is 1. The lowest BCUT2D eigenvalue weighted by atomic mass is 9.71. The molecular formula is C18H26N2O. The van der Waals surface area contributed by atoms with Gasteiger partial charge in [-0.15, -0.1) is 0 Å². The predicted molar refractivity (Wildman–Crippen MR) is 85.7 cm³/mol. The monoisotopic (exact) mass is 286 g/mol. The molecule has 1 aromatic carbocycles. The van der Waals surface area contributed by atoms with E-state index in [-0.39, 0.29) is 11.3 Å². The number of nitrogens with zero attached hydrogens (tertiary/aromatic N) is 1. The highest BCUT2D eigenvalue weighted by Gasteiger charge is 2.35. The highest BCUT2D eigenvalue weighted by molar-refractivity contribution is 5.81. The fraction of sp³-hybridized carbons (Fsp3) is 0.556. The van der Waals surface area contributed by atoms with Crippen LogP contribution in [-0.4, -0.2) is 12.5 Å². The first-order valence-electron chi connectivity index (χ1n) is 7.50. The molecule has 1 aromatic rings. The lowest BCUT2D eigenvalue weighted by Crippen LogP contribution is -2.41. The minimum Gasteiger partial charge on any atom is -0.356 e. The number of nitrogens with one attached hydrogen (secondary N) is 1. The summed E-state index contributed by atoms with van der Waals surface area (Å²) in [7, 11) is 0. The Bertz CT molecular complexity index is 498. The lowest BCUT2D eigenvalue weighted by Gasteiger charge is -2.34. The van der Waals surface area contributed by atoms with Crippen LogP contribution in [0.15, 0.2) is 30.3 Å². The first kappa shape index (κ1) is 17.2. The zero-order chi connectivity index (χ0) is 15.9. The van der Waals surface area contributed by atoms with Crippen molar-refractivity contribution in [3.8, 4) is 6.07 Å². The molecule has 0 unspecified atom stereocenters. The maximum absolute atomic E-state index is 12.3. The lowest BCUT2D eigenvalue weighted by molar-refractivity contribution is -0.130. The zero-order valence-corrected chi connectivity index (χ0v) is 13.6. The number of rotatable bonds is 7. The fourth-order valence-electron chi connectivity index (χ4n) is 2.79. The molecule has 0 fully saturated rings. The van der Waals surface area contributed by atoms with Crippen LogP contribution in [-0.2, 0) is 10.2 Å². The molecule has 114 valence electrons. The number of carbonyl (C=O) groups excluding carboxylic acids is 1. The van der Waals surface area contributed by atoms with E-state index >= 15 is 0 Å². The van der Waals surface area contributed by atoms with Crippen molar-refractivity contribution in [3.05, 3.63) is 35.9 Å². The van der Waals surface area contributed by atoms with Crippen LogP contribution in [0.3, 0.4) is 0 Å². The molecule has 0 spiro atoms. The molecule has 3 heteroatoms. The first-order valence-corrected chi connectivity index (χ1v) is 7.50. The molecule has 0 aliphatic heterocycles. The summed E-state index contributed by atoms with van der Waals surface area (Å²) >= 11 is 0. The number of amides is 1. The Labute approximate surface area is 128 Å². The maximum Gasteiger partial charge on any atom is 0.225 e. The van der Waals surface area contributed by atoms with Gasteiger partial charge in [0.1, 0.15) is 0 Å². The Kier molecular flexibility index (Phi) is 5.96. The molecule has 3 nitrogen and oxygen atoms in total. The smallest absolute Gasteiger partial charge is 0.225 e. The minimum atomic E-state index is -0.439. The second kappa shape index (κ2) is 7.26. The van der Waals surface area contributed by atoms with E-state index in [0.29, 0.717) is 19.4 Å². The van der Waals surface area contributed by atoms with Crippen molar-refractivity contribution in [1.29, 1.82) is 5.26 Å². The van der Waals surface area contributed by atoms with E-state index in [1.165, 1.54) is 5.56 Å². The molecule has 0 aliphatic rings. The molecule has 0 atom stereocenters. The molecule has 1 N–H and O–H groups in total. The molecule has 0 bridgehead atoms. The van der Waals surface area contributed by atoms with Gasteiger partial charge in [-0.25, -0.2) is 0 Å². The van der Waals surface area contributed by atoms with Crippen molar-refractivity contribution in [1.82, 2.24) is 5.32 Å². The first-order chi connectivity index (χ1) is 9.79. The third-order valence-electron chi connectivity index (χ3n) is 3.80. The van der Waals surface area contributed by atoms with Crippen LogP contribution in [0.5, 0.6) is 0 Å². The van der Waals surface area contributed by atoms with Crippen molar-refractivity contribution in [2.24, 2.45) is 5.41 Å². The number of hydrogen-bond acceptors (Lipinski definition) is 2. The van der Waals surface area contributed by atoms with Gasteiger partial charge in [0.2, 0.25) is 5.91 Å². The van der Waals surface area contributed by atoms with E-state index in [4.69, 9.17) is 5.26 Å². The number of hydrogen-bond donors (Lipinski definition) is 1. The second-order valence-corrected chi connectivity index (χ2v) is 6.83. The van der Waals surface area contributed by atoms with Crippen molar-refractivity contribution >= 4 is 5.91 Å². The fourth-order valence-corrected chi connectivity index (χ4v) is 2.79. The molecule has 0 aliphatic carbocycles. The Morgan fingerprint density at radius 1 is 1.19 bits per heavy atom. The quantitative estimate of drug-likeness (QED) is 0.775. The van der Waals surface area contributed by atoms with Gasteiger partial charge in [0.25, 0.3) is 0 Å². The number of unbranched alkanes of at least 4 members (excludes halogenated alkanes) is 1. The van der Waals surface area contributed by atoms with Crippen LogP contribution in [0.25, 0.3) is 0 Å². The number of benzene rings is 1. The van der Waals surface area contributed by atoms with Gasteiger partial charge in [-0.2, -0.15) is 5.26 Å². The Balaban J connectivity index is 2.66. The van der Waals surface area contributed by atoms with E-state index in [0.717, 1.165) is 6.42 Å². The molecule has 0 radical (unpaired) electrons. The molecule has 1 rings (SSSR count). The van der Waals surface area contributed by atoms with Crippen molar-refractivity contribution < 1.29 is 4.79 Å². The van der Waals surface area contributed by atoms with Crippen molar-refractivity contribution in [3.63, 3.8) is 0 Å². The Morgan fingerprint density at radius 3 is 2.38 bits per heavy atom. The highest BCUT2D eigenvalue weighted by Crippen LogP contribution is 2.36. The third-order valence-corrected chi connectivity index (χ3v) is 3.80. The van der Waals surface area contributed by atoms with E-state index in [2.05, 4.69) is 37.4 Å². The van der Waals surface area contributed by atoms with Crippen LogP contribution in [0.2, 0.25) is 0 Å². The van der Waals surface area contributed by atoms with E-state index in [1.54, 1.807) is 0 Å². The van der Waals surface area contributed by atoms with Gasteiger partial charge >= 0.3 is 0 Å². The SMILES string of the molecule is CC(C)(CC(C)(C)c1ccccc1)C(=O)NCCCC#N. The van der Waals surface area contributed by atoms with Gasteiger partial charge in [0, 0.05) is 18.4 Å². The van der Waals surface area contributed by atoms with Crippen molar-refractivity contribution in [2.75, 3.05) is 6.54 Å². The molecule has 0 saturated heterocycles. The summed E-state index contributed by atoms with van der Waals surface area (Å²) in [6.07, 6.45) is 1.96. The van der Waals surface area contributed by atoms with Gasteiger partial charge in [-0.3, -0.25) is 4.79 Å². The third kappa shape index (κ3) is 5.23. The topological polar surface area (TPSA) is 52.9 Å². The standard InChI is InChI=1S/C18H26N2O/c1-17(2,15-10-6-5-7-11-15)14-18(3,4)16(21)20-13-9-8-12-19/h5-7,10-11H,8-9,13-14H2,1-4H3,(H,20,21). The van der Waals surface area contributed by atoms with Crippen LogP contribution < -0.4 is 5.32 Å². The average Bonchev–Trinajstić information content (AvgIpc) is 2.43.